The third-order valence-electron chi connectivity index (χ3n) is 5.14. The maximum Gasteiger partial charge on any atom is 0.226 e. The number of fused-ring (bicyclic) bond motifs is 1. The normalized spacial score (nSPS) is 15.1. The van der Waals surface area contributed by atoms with Crippen LogP contribution in [0, 0.1) is 19.3 Å². The zero-order valence-corrected chi connectivity index (χ0v) is 17.0. The lowest BCUT2D eigenvalue weighted by molar-refractivity contribution is -0.116. The summed E-state index contributed by atoms with van der Waals surface area (Å²) in [5, 5.41) is 7.58. The molecule has 0 saturated carbocycles. The predicted molar refractivity (Wildman–Crippen MR) is 115 cm³/mol. The van der Waals surface area contributed by atoms with Crippen molar-refractivity contribution in [3.63, 3.8) is 0 Å². The van der Waals surface area contributed by atoms with Crippen LogP contribution in [0.15, 0.2) is 48.7 Å². The summed E-state index contributed by atoms with van der Waals surface area (Å²) >= 11 is 0. The zero-order valence-electron chi connectivity index (χ0n) is 17.0. The molecule has 0 radical (unpaired) electrons. The highest BCUT2D eigenvalue weighted by atomic mass is 16.5. The number of nitrogens with one attached hydrogen (secondary N) is 1. The number of hydrogen-bond donors (Lipinski definition) is 1. The minimum atomic E-state index is -0.132. The van der Waals surface area contributed by atoms with Crippen molar-refractivity contribution in [1.82, 2.24) is 9.78 Å². The molecule has 1 N–H and O–H groups in total. The van der Waals surface area contributed by atoms with E-state index in [0.29, 0.717) is 30.3 Å². The number of nitrogens with zero attached hydrogens (tertiary/aromatic N) is 2. The molecule has 0 spiro atoms. The molecule has 3 aromatic rings. The number of benzene rings is 2. The van der Waals surface area contributed by atoms with Crippen LogP contribution in [0.25, 0.3) is 5.69 Å². The lowest BCUT2D eigenvalue weighted by Crippen LogP contribution is -2.24. The third-order valence-corrected chi connectivity index (χ3v) is 5.14. The largest absolute Gasteiger partial charge is 0.490 e. The smallest absolute Gasteiger partial charge is 0.226 e. The summed E-state index contributed by atoms with van der Waals surface area (Å²) in [6.07, 6.45) is 7.47. The van der Waals surface area contributed by atoms with E-state index < -0.39 is 0 Å². The highest BCUT2D eigenvalue weighted by Gasteiger charge is 2.31. The van der Waals surface area contributed by atoms with Crippen molar-refractivity contribution in [3.8, 4) is 29.5 Å². The van der Waals surface area contributed by atoms with Crippen LogP contribution in [0.3, 0.4) is 0 Å². The molecule has 0 bridgehead atoms. The summed E-state index contributed by atoms with van der Waals surface area (Å²) in [5.74, 6) is 4.20. The van der Waals surface area contributed by atoms with Gasteiger partial charge in [-0.3, -0.25) is 4.79 Å². The van der Waals surface area contributed by atoms with Crippen molar-refractivity contribution in [2.24, 2.45) is 0 Å². The topological polar surface area (TPSA) is 65.4 Å². The maximum atomic E-state index is 12.6. The number of aryl methyl sites for hydroxylation is 1. The van der Waals surface area contributed by atoms with Gasteiger partial charge in [0.15, 0.2) is 11.5 Å². The van der Waals surface area contributed by atoms with Crippen LogP contribution in [0.5, 0.6) is 11.5 Å². The molecule has 0 saturated heterocycles. The standard InChI is InChI=1S/C24H23N3O3/c1-4-12-30-21-11-10-17(13-22(21)29-5-2)18-14-23(28)26-24-19(18)15-25-27(24)20-9-7-6-8-16(20)3/h1,6-11,13,15,18H,5,12,14H2,2-3H3,(H,26,28). The Morgan fingerprint density at radius 2 is 2.07 bits per heavy atom. The Morgan fingerprint density at radius 1 is 1.23 bits per heavy atom. The van der Waals surface area contributed by atoms with E-state index in [1.165, 1.54) is 0 Å². The zero-order chi connectivity index (χ0) is 21.1. The van der Waals surface area contributed by atoms with Gasteiger partial charge in [0.05, 0.1) is 18.5 Å². The van der Waals surface area contributed by atoms with Gasteiger partial charge in [-0.2, -0.15) is 5.10 Å². The molecule has 0 aliphatic carbocycles. The summed E-state index contributed by atoms with van der Waals surface area (Å²) in [5.41, 5.74) is 3.95. The number of anilines is 1. The lowest BCUT2D eigenvalue weighted by Gasteiger charge is -2.25. The number of carbonyl (C=O) groups excluding carboxylic acids is 1. The van der Waals surface area contributed by atoms with E-state index in [9.17, 15) is 4.79 Å². The fraction of sp³-hybridized carbons (Fsp3) is 0.250. The molecule has 6 heteroatoms. The van der Waals surface area contributed by atoms with Gasteiger partial charge in [0.25, 0.3) is 0 Å². The van der Waals surface area contributed by atoms with E-state index in [1.807, 2.05) is 62.5 Å². The third kappa shape index (κ3) is 3.62. The number of rotatable bonds is 6. The monoisotopic (exact) mass is 401 g/mol. The van der Waals surface area contributed by atoms with Crippen LogP contribution in [0.1, 0.15) is 36.0 Å². The number of aromatic nitrogens is 2. The molecule has 2 aromatic carbocycles. The molecule has 1 aromatic heterocycles. The number of ether oxygens (including phenoxy) is 2. The van der Waals surface area contributed by atoms with Crippen LogP contribution < -0.4 is 14.8 Å². The van der Waals surface area contributed by atoms with Gasteiger partial charge in [-0.15, -0.1) is 6.42 Å². The van der Waals surface area contributed by atoms with Gasteiger partial charge in [-0.25, -0.2) is 4.68 Å². The van der Waals surface area contributed by atoms with Crippen LogP contribution in [0.2, 0.25) is 0 Å². The van der Waals surface area contributed by atoms with Crippen molar-refractivity contribution in [2.75, 3.05) is 18.5 Å². The van der Waals surface area contributed by atoms with Gasteiger partial charge in [0.1, 0.15) is 12.4 Å². The Labute approximate surface area is 175 Å². The first-order valence-electron chi connectivity index (χ1n) is 9.89. The number of hydrogen-bond acceptors (Lipinski definition) is 4. The average Bonchev–Trinajstić information content (AvgIpc) is 3.16. The van der Waals surface area contributed by atoms with Gasteiger partial charge in [0.2, 0.25) is 5.91 Å². The van der Waals surface area contributed by atoms with E-state index in [1.54, 1.807) is 4.68 Å². The molecule has 1 aliphatic heterocycles. The van der Waals surface area contributed by atoms with Gasteiger partial charge in [0, 0.05) is 17.9 Å². The molecule has 152 valence electrons. The Bertz CT molecular complexity index is 1130. The first kappa shape index (κ1) is 19.6. The summed E-state index contributed by atoms with van der Waals surface area (Å²) in [7, 11) is 0. The van der Waals surface area contributed by atoms with Crippen molar-refractivity contribution < 1.29 is 14.3 Å². The second-order valence-electron chi connectivity index (χ2n) is 7.08. The van der Waals surface area contributed by atoms with Gasteiger partial charge >= 0.3 is 0 Å². The number of para-hydroxylation sites is 1. The van der Waals surface area contributed by atoms with Crippen molar-refractivity contribution in [1.29, 1.82) is 0 Å². The molecule has 1 amide bonds. The maximum absolute atomic E-state index is 12.6. The SMILES string of the molecule is C#CCOc1ccc(C2CC(=O)Nc3c2cnn3-c2ccccc2C)cc1OCC. The van der Waals surface area contributed by atoms with Crippen LogP contribution >= 0.6 is 0 Å². The first-order chi connectivity index (χ1) is 14.6. The Hall–Kier alpha value is -3.72. The molecular weight excluding hydrogens is 378 g/mol. The Kier molecular flexibility index (Phi) is 5.44. The minimum absolute atomic E-state index is 0.0477. The summed E-state index contributed by atoms with van der Waals surface area (Å²) in [4.78, 5) is 12.6. The van der Waals surface area contributed by atoms with E-state index in [4.69, 9.17) is 15.9 Å². The van der Waals surface area contributed by atoms with Gasteiger partial charge in [-0.05, 0) is 43.2 Å². The van der Waals surface area contributed by atoms with Gasteiger partial charge < -0.3 is 14.8 Å². The highest BCUT2D eigenvalue weighted by molar-refractivity contribution is 5.94. The summed E-state index contributed by atoms with van der Waals surface area (Å²) < 4.78 is 13.1. The van der Waals surface area contributed by atoms with Gasteiger partial charge in [-0.1, -0.05) is 30.2 Å². The van der Waals surface area contributed by atoms with E-state index in [-0.39, 0.29) is 18.4 Å². The van der Waals surface area contributed by atoms with Crippen LogP contribution in [0.4, 0.5) is 5.82 Å². The van der Waals surface area contributed by atoms with Crippen molar-refractivity contribution >= 4 is 11.7 Å². The van der Waals surface area contributed by atoms with Crippen LogP contribution in [-0.2, 0) is 4.79 Å². The molecular formula is C24H23N3O3. The number of carbonyl (C=O) groups is 1. The second kappa shape index (κ2) is 8.34. The molecule has 30 heavy (non-hydrogen) atoms. The van der Waals surface area contributed by atoms with Crippen molar-refractivity contribution in [3.05, 3.63) is 65.4 Å². The molecule has 6 nitrogen and oxygen atoms in total. The Morgan fingerprint density at radius 3 is 2.83 bits per heavy atom. The molecule has 1 unspecified atom stereocenters. The summed E-state index contributed by atoms with van der Waals surface area (Å²) in [6, 6.07) is 13.7. The first-order valence-corrected chi connectivity index (χ1v) is 9.89. The molecule has 4 rings (SSSR count). The minimum Gasteiger partial charge on any atom is -0.490 e. The summed E-state index contributed by atoms with van der Waals surface area (Å²) in [6.45, 7) is 4.60. The molecule has 1 aliphatic rings. The van der Waals surface area contributed by atoms with E-state index in [2.05, 4.69) is 16.3 Å². The molecule has 1 atom stereocenters. The molecule has 0 fully saturated rings. The Balaban J connectivity index is 1.76. The second-order valence-corrected chi connectivity index (χ2v) is 7.08. The lowest BCUT2D eigenvalue weighted by atomic mass is 9.87. The van der Waals surface area contributed by atoms with Crippen molar-refractivity contribution in [2.45, 2.75) is 26.2 Å². The average molecular weight is 401 g/mol. The van der Waals surface area contributed by atoms with Crippen LogP contribution in [-0.4, -0.2) is 28.9 Å². The quantitative estimate of drug-likeness (QED) is 0.633. The fourth-order valence-corrected chi connectivity index (χ4v) is 3.75. The van der Waals surface area contributed by atoms with E-state index in [0.717, 1.165) is 22.4 Å². The molecule has 2 heterocycles. The van der Waals surface area contributed by atoms with E-state index >= 15 is 0 Å². The predicted octanol–water partition coefficient (Wildman–Crippen LogP) is 4.07. The number of terminal acetylenes is 1. The number of amides is 1. The highest BCUT2D eigenvalue weighted by Crippen LogP contribution is 2.41. The fourth-order valence-electron chi connectivity index (χ4n) is 3.75.